The van der Waals surface area contributed by atoms with E-state index in [1.165, 1.54) is 20.3 Å². The van der Waals surface area contributed by atoms with Crippen LogP contribution in [-0.4, -0.2) is 25.2 Å². The Morgan fingerprint density at radius 1 is 1.57 bits per heavy atom. The Morgan fingerprint density at radius 2 is 2.29 bits per heavy atom. The van der Waals surface area contributed by atoms with Gasteiger partial charge in [-0.15, -0.1) is 0 Å². The van der Waals surface area contributed by atoms with Crippen LogP contribution >= 0.6 is 0 Å². The number of nitrogens with zero attached hydrogens (tertiary/aromatic N) is 1. The first kappa shape index (κ1) is 10.4. The maximum atomic E-state index is 12.8. The van der Waals surface area contributed by atoms with E-state index in [0.29, 0.717) is 5.56 Å². The zero-order chi connectivity index (χ0) is 10.6. The molecule has 4 nitrogen and oxygen atoms in total. The highest BCUT2D eigenvalue weighted by atomic mass is 19.1. The van der Waals surface area contributed by atoms with Gasteiger partial charge in [0.1, 0.15) is 5.82 Å². The number of methoxy groups -OCH3 is 2. The Bertz CT molecular complexity index is 341. The molecule has 1 aromatic heterocycles. The number of esters is 1. The molecule has 0 saturated carbocycles. The third-order valence-corrected chi connectivity index (χ3v) is 1.65. The van der Waals surface area contributed by atoms with Crippen molar-refractivity contribution in [1.29, 1.82) is 0 Å². The van der Waals surface area contributed by atoms with Gasteiger partial charge in [0.25, 0.3) is 0 Å². The molecule has 1 heterocycles. The van der Waals surface area contributed by atoms with Gasteiger partial charge in [0.2, 0.25) is 5.88 Å². The number of pyridine rings is 1. The van der Waals surface area contributed by atoms with Crippen LogP contribution in [0.4, 0.5) is 4.39 Å². The smallest absolute Gasteiger partial charge is 0.310 e. The van der Waals surface area contributed by atoms with E-state index in [4.69, 9.17) is 4.74 Å². The van der Waals surface area contributed by atoms with Crippen LogP contribution in [0.1, 0.15) is 5.56 Å². The molecule has 0 N–H and O–H groups in total. The fraction of sp³-hybridized carbons (Fsp3) is 0.333. The molecule has 0 radical (unpaired) electrons. The summed E-state index contributed by atoms with van der Waals surface area (Å²) in [6, 6.07) is 1.20. The molecule has 14 heavy (non-hydrogen) atoms. The van der Waals surface area contributed by atoms with Gasteiger partial charge in [0, 0.05) is 5.56 Å². The molecule has 0 spiro atoms. The van der Waals surface area contributed by atoms with Gasteiger partial charge in [0.05, 0.1) is 26.8 Å². The van der Waals surface area contributed by atoms with E-state index >= 15 is 0 Å². The van der Waals surface area contributed by atoms with Crippen molar-refractivity contribution in [3.05, 3.63) is 23.6 Å². The second-order valence-electron chi connectivity index (χ2n) is 2.57. The molecule has 0 unspecified atom stereocenters. The molecule has 0 aliphatic carbocycles. The lowest BCUT2D eigenvalue weighted by Gasteiger charge is -2.05. The lowest BCUT2D eigenvalue weighted by molar-refractivity contribution is -0.139. The summed E-state index contributed by atoms with van der Waals surface area (Å²) in [7, 11) is 2.67. The van der Waals surface area contributed by atoms with Crippen LogP contribution in [0.15, 0.2) is 12.3 Å². The zero-order valence-corrected chi connectivity index (χ0v) is 7.91. The average molecular weight is 199 g/mol. The fourth-order valence-electron chi connectivity index (χ4n) is 1.01. The minimum Gasteiger partial charge on any atom is -0.481 e. The third kappa shape index (κ3) is 2.42. The minimum absolute atomic E-state index is 0.0512. The molecular formula is C9H10FNO3. The Hall–Kier alpha value is -1.65. The summed E-state index contributed by atoms with van der Waals surface area (Å²) < 4.78 is 22.1. The van der Waals surface area contributed by atoms with Crippen molar-refractivity contribution in [3.8, 4) is 5.88 Å². The molecule has 0 atom stereocenters. The monoisotopic (exact) mass is 199 g/mol. The number of aromatic nitrogens is 1. The Morgan fingerprint density at radius 3 is 2.86 bits per heavy atom. The highest BCUT2D eigenvalue weighted by molar-refractivity contribution is 5.73. The molecule has 0 fully saturated rings. The summed E-state index contributed by atoms with van der Waals surface area (Å²) in [5, 5.41) is 0. The van der Waals surface area contributed by atoms with Crippen LogP contribution < -0.4 is 4.74 Å². The number of ether oxygens (including phenoxy) is 2. The van der Waals surface area contributed by atoms with Gasteiger partial charge in [-0.05, 0) is 6.07 Å². The van der Waals surface area contributed by atoms with Crippen molar-refractivity contribution in [3.63, 3.8) is 0 Å². The van der Waals surface area contributed by atoms with Crippen LogP contribution in [0, 0.1) is 5.82 Å². The van der Waals surface area contributed by atoms with Crippen LogP contribution in [-0.2, 0) is 16.0 Å². The van der Waals surface area contributed by atoms with E-state index in [0.717, 1.165) is 6.20 Å². The first-order valence-electron chi connectivity index (χ1n) is 3.92. The van der Waals surface area contributed by atoms with E-state index in [1.807, 2.05) is 0 Å². The Labute approximate surface area is 80.7 Å². The molecule has 0 saturated heterocycles. The SMILES string of the molecule is COC(=O)Cc1cc(F)cnc1OC. The van der Waals surface area contributed by atoms with Crippen LogP contribution in [0.5, 0.6) is 5.88 Å². The summed E-state index contributed by atoms with van der Waals surface area (Å²) in [6.45, 7) is 0. The molecule has 0 aliphatic heterocycles. The zero-order valence-electron chi connectivity index (χ0n) is 7.91. The number of carbonyl (C=O) groups excluding carboxylic acids is 1. The second kappa shape index (κ2) is 4.55. The molecule has 0 amide bonds. The maximum absolute atomic E-state index is 12.8. The molecule has 5 heteroatoms. The van der Waals surface area contributed by atoms with Crippen LogP contribution in [0.2, 0.25) is 0 Å². The van der Waals surface area contributed by atoms with E-state index < -0.39 is 11.8 Å². The van der Waals surface area contributed by atoms with Gasteiger partial charge in [-0.25, -0.2) is 9.37 Å². The summed E-state index contributed by atoms with van der Waals surface area (Å²) >= 11 is 0. The largest absolute Gasteiger partial charge is 0.481 e. The van der Waals surface area contributed by atoms with Crippen LogP contribution in [0.3, 0.4) is 0 Å². The predicted octanol–water partition coefficient (Wildman–Crippen LogP) is 0.945. The number of hydrogen-bond donors (Lipinski definition) is 0. The van der Waals surface area contributed by atoms with Gasteiger partial charge in [0.15, 0.2) is 0 Å². The van der Waals surface area contributed by atoms with Gasteiger partial charge in [-0.3, -0.25) is 4.79 Å². The van der Waals surface area contributed by atoms with Crippen LogP contribution in [0.25, 0.3) is 0 Å². The van der Waals surface area contributed by atoms with Crippen molar-refractivity contribution in [2.24, 2.45) is 0 Å². The lowest BCUT2D eigenvalue weighted by Crippen LogP contribution is -2.07. The summed E-state index contributed by atoms with van der Waals surface area (Å²) in [6.07, 6.45) is 0.976. The van der Waals surface area contributed by atoms with E-state index in [-0.39, 0.29) is 12.3 Å². The third-order valence-electron chi connectivity index (χ3n) is 1.65. The topological polar surface area (TPSA) is 48.4 Å². The number of hydrogen-bond acceptors (Lipinski definition) is 4. The van der Waals surface area contributed by atoms with Gasteiger partial charge in [-0.1, -0.05) is 0 Å². The van der Waals surface area contributed by atoms with Crippen molar-refractivity contribution in [2.75, 3.05) is 14.2 Å². The first-order chi connectivity index (χ1) is 6.67. The Kier molecular flexibility index (Phi) is 3.39. The molecule has 1 aromatic rings. The van der Waals surface area contributed by atoms with E-state index in [2.05, 4.69) is 9.72 Å². The molecule has 0 aliphatic rings. The highest BCUT2D eigenvalue weighted by Crippen LogP contribution is 2.16. The van der Waals surface area contributed by atoms with Gasteiger partial charge >= 0.3 is 5.97 Å². The molecule has 1 rings (SSSR count). The molecular weight excluding hydrogens is 189 g/mol. The minimum atomic E-state index is -0.510. The normalized spacial score (nSPS) is 9.64. The number of rotatable bonds is 3. The predicted molar refractivity (Wildman–Crippen MR) is 46.5 cm³/mol. The molecule has 0 bridgehead atoms. The quantitative estimate of drug-likeness (QED) is 0.680. The summed E-state index contributed by atoms with van der Waals surface area (Å²) in [4.78, 5) is 14.6. The standard InChI is InChI=1S/C9H10FNO3/c1-13-8(12)4-6-3-7(10)5-11-9(6)14-2/h3,5H,4H2,1-2H3. The fourth-order valence-corrected chi connectivity index (χ4v) is 1.01. The molecule has 76 valence electrons. The van der Waals surface area contributed by atoms with Crippen molar-refractivity contribution < 1.29 is 18.7 Å². The number of carbonyl (C=O) groups is 1. The van der Waals surface area contributed by atoms with Gasteiger partial charge in [-0.2, -0.15) is 0 Å². The summed E-state index contributed by atoms with van der Waals surface area (Å²) in [5.41, 5.74) is 0.374. The van der Waals surface area contributed by atoms with Crippen molar-refractivity contribution in [2.45, 2.75) is 6.42 Å². The summed E-state index contributed by atoms with van der Waals surface area (Å²) in [5.74, 6) is -0.739. The first-order valence-corrected chi connectivity index (χ1v) is 3.92. The molecule has 0 aromatic carbocycles. The second-order valence-corrected chi connectivity index (χ2v) is 2.57. The van der Waals surface area contributed by atoms with Gasteiger partial charge < -0.3 is 9.47 Å². The lowest BCUT2D eigenvalue weighted by atomic mass is 10.2. The van der Waals surface area contributed by atoms with E-state index in [9.17, 15) is 9.18 Å². The maximum Gasteiger partial charge on any atom is 0.310 e. The van der Waals surface area contributed by atoms with Crippen molar-refractivity contribution >= 4 is 5.97 Å². The van der Waals surface area contributed by atoms with Crippen molar-refractivity contribution in [1.82, 2.24) is 4.98 Å². The Balaban J connectivity index is 2.93. The number of halogens is 1. The highest BCUT2D eigenvalue weighted by Gasteiger charge is 2.10. The van der Waals surface area contributed by atoms with E-state index in [1.54, 1.807) is 0 Å². The average Bonchev–Trinajstić information content (AvgIpc) is 2.18.